The van der Waals surface area contributed by atoms with Crippen LogP contribution in [0.25, 0.3) is 0 Å². The summed E-state index contributed by atoms with van der Waals surface area (Å²) >= 11 is 0. The molecule has 0 heterocycles. The van der Waals surface area contributed by atoms with Gasteiger partial charge in [-0.1, -0.05) is 373 Å². The summed E-state index contributed by atoms with van der Waals surface area (Å²) in [4.78, 5) is 73.0. The average Bonchev–Trinajstić information content (AvgIpc) is 0.934. The van der Waals surface area contributed by atoms with Gasteiger partial charge in [0.2, 0.25) is 0 Å². The van der Waals surface area contributed by atoms with Crippen molar-refractivity contribution in [3.05, 3.63) is 24.3 Å². The van der Waals surface area contributed by atoms with Crippen LogP contribution in [-0.2, 0) is 65.4 Å². The maximum Gasteiger partial charge on any atom is 0.472 e. The summed E-state index contributed by atoms with van der Waals surface area (Å²) in [6.45, 7) is 4.96. The van der Waals surface area contributed by atoms with Crippen molar-refractivity contribution < 1.29 is 80.2 Å². The fourth-order valence-corrected chi connectivity index (χ4v) is 14.0. The van der Waals surface area contributed by atoms with Crippen molar-refractivity contribution in [2.75, 3.05) is 39.6 Å². The molecule has 0 aliphatic carbocycles. The lowest BCUT2D eigenvalue weighted by Crippen LogP contribution is -2.30. The zero-order chi connectivity index (χ0) is 74.6. The molecule has 0 aromatic rings. The van der Waals surface area contributed by atoms with Crippen LogP contribution in [0, 0.1) is 0 Å². The van der Waals surface area contributed by atoms with E-state index < -0.39 is 97.5 Å². The molecule has 5 atom stereocenters. The standard InChI is InChI=1S/C83H158O17P2/c1-5-9-13-17-21-25-29-32-35-37-38-39-40-41-44-47-50-54-58-62-66-70-83(88)100-79(74-94-81(86)68-64-60-56-52-48-45-43-36-33-30-26-22-18-14-10-6-2)76-98-102(91,92)96-72-77(84)71-95-101(89,90)97-75-78(73-93-80(85)67-63-59-55-51-28-24-20-16-12-8-4)99-82(87)69-65-61-57-53-49-46-42-34-31-27-23-19-15-11-7-3/h27,31,34,42,77-79,84H,5-26,28-30,32-33,35-41,43-76H2,1-4H3,(H,89,90)(H,91,92)/b31-27-,42-34-/t77-,78+,79+/m0/s1. The van der Waals surface area contributed by atoms with Gasteiger partial charge in [0.15, 0.2) is 12.2 Å². The van der Waals surface area contributed by atoms with Crippen LogP contribution in [0.2, 0.25) is 0 Å². The number of carbonyl (C=O) groups excluding carboxylic acids is 4. The summed E-state index contributed by atoms with van der Waals surface area (Å²) in [6.07, 6.45) is 73.0. The van der Waals surface area contributed by atoms with E-state index in [0.29, 0.717) is 25.7 Å². The van der Waals surface area contributed by atoms with Crippen LogP contribution in [0.4, 0.5) is 0 Å². The summed E-state index contributed by atoms with van der Waals surface area (Å²) in [5, 5.41) is 10.6. The summed E-state index contributed by atoms with van der Waals surface area (Å²) in [6, 6.07) is 0. The van der Waals surface area contributed by atoms with Gasteiger partial charge in [0, 0.05) is 25.7 Å². The van der Waals surface area contributed by atoms with Gasteiger partial charge in [-0.25, -0.2) is 9.13 Å². The number of phosphoric ester groups is 2. The van der Waals surface area contributed by atoms with Crippen LogP contribution >= 0.6 is 15.6 Å². The van der Waals surface area contributed by atoms with Crippen LogP contribution in [0.15, 0.2) is 24.3 Å². The van der Waals surface area contributed by atoms with Gasteiger partial charge in [0.25, 0.3) is 0 Å². The number of phosphoric acid groups is 2. The minimum atomic E-state index is -4.97. The first-order valence-corrected chi connectivity index (χ1v) is 45.6. The predicted octanol–water partition coefficient (Wildman–Crippen LogP) is 24.9. The molecule has 19 heteroatoms. The third kappa shape index (κ3) is 75.8. The van der Waals surface area contributed by atoms with Gasteiger partial charge in [0.05, 0.1) is 26.4 Å². The molecule has 0 saturated carbocycles. The van der Waals surface area contributed by atoms with E-state index >= 15 is 0 Å². The molecule has 0 radical (unpaired) electrons. The Kier molecular flexibility index (Phi) is 74.9. The van der Waals surface area contributed by atoms with Crippen LogP contribution in [0.5, 0.6) is 0 Å². The number of rotatable bonds is 82. The second-order valence-electron chi connectivity index (χ2n) is 29.2. The SMILES string of the molecule is CCCCCC/C=C\C=C/CCCCCCCC(=O)O[C@H](COC(=O)CCCCCCCCCCCC)COP(=O)(O)OC[C@H](O)COP(=O)(O)OC[C@@H](COC(=O)CCCCCCCCCCCCCCCCCC)OC(=O)CCCCCCCCCCCCCCCCCCCCCCC. The van der Waals surface area contributed by atoms with Crippen LogP contribution in [-0.4, -0.2) is 96.7 Å². The first-order chi connectivity index (χ1) is 49.7. The molecule has 0 fully saturated rings. The van der Waals surface area contributed by atoms with Gasteiger partial charge >= 0.3 is 39.5 Å². The highest BCUT2D eigenvalue weighted by Gasteiger charge is 2.30. The number of allylic oxidation sites excluding steroid dienone is 4. The highest BCUT2D eigenvalue weighted by Crippen LogP contribution is 2.45. The van der Waals surface area contributed by atoms with E-state index in [1.165, 1.54) is 244 Å². The molecule has 0 bridgehead atoms. The predicted molar refractivity (Wildman–Crippen MR) is 418 cm³/mol. The Labute approximate surface area is 624 Å². The summed E-state index contributed by atoms with van der Waals surface area (Å²) in [7, 11) is -9.93. The topological polar surface area (TPSA) is 237 Å². The quantitative estimate of drug-likeness (QED) is 0.0169. The van der Waals surface area contributed by atoms with Crippen molar-refractivity contribution in [3.63, 3.8) is 0 Å². The van der Waals surface area contributed by atoms with E-state index in [1.807, 2.05) is 0 Å². The number of carbonyl (C=O) groups is 4. The van der Waals surface area contributed by atoms with Gasteiger partial charge < -0.3 is 33.8 Å². The summed E-state index contributed by atoms with van der Waals surface area (Å²) in [5.74, 6) is -2.13. The highest BCUT2D eigenvalue weighted by atomic mass is 31.2. The molecule has 0 amide bonds. The third-order valence-corrected chi connectivity index (χ3v) is 20.9. The van der Waals surface area contributed by atoms with Crippen molar-refractivity contribution in [2.45, 2.75) is 444 Å². The number of hydrogen-bond acceptors (Lipinski definition) is 15. The molecule has 17 nitrogen and oxygen atoms in total. The first-order valence-electron chi connectivity index (χ1n) is 42.6. The third-order valence-electron chi connectivity index (χ3n) is 19.0. The molecule has 102 heavy (non-hydrogen) atoms. The number of ether oxygens (including phenoxy) is 4. The molecule has 0 saturated heterocycles. The van der Waals surface area contributed by atoms with Crippen LogP contribution < -0.4 is 0 Å². The number of unbranched alkanes of at least 4 members (excludes halogenated alkanes) is 53. The lowest BCUT2D eigenvalue weighted by molar-refractivity contribution is -0.161. The fraction of sp³-hybridized carbons (Fsp3) is 0.904. The number of aliphatic hydroxyl groups is 1. The fourth-order valence-electron chi connectivity index (χ4n) is 12.5. The minimum absolute atomic E-state index is 0.0858. The molecule has 0 aliphatic rings. The first kappa shape index (κ1) is 99.5. The lowest BCUT2D eigenvalue weighted by Gasteiger charge is -2.21. The Morgan fingerprint density at radius 1 is 0.275 bits per heavy atom. The van der Waals surface area contributed by atoms with Crippen molar-refractivity contribution in [1.82, 2.24) is 0 Å². The maximum absolute atomic E-state index is 13.1. The Morgan fingerprint density at radius 3 is 0.716 bits per heavy atom. The molecular formula is C83H158O17P2. The molecule has 0 spiro atoms. The van der Waals surface area contributed by atoms with Crippen LogP contribution in [0.3, 0.4) is 0 Å². The van der Waals surface area contributed by atoms with E-state index in [1.54, 1.807) is 0 Å². The van der Waals surface area contributed by atoms with E-state index in [2.05, 4.69) is 52.0 Å². The number of aliphatic hydroxyl groups excluding tert-OH is 1. The van der Waals surface area contributed by atoms with E-state index in [9.17, 15) is 43.2 Å². The van der Waals surface area contributed by atoms with Gasteiger partial charge in [-0.3, -0.25) is 37.3 Å². The highest BCUT2D eigenvalue weighted by molar-refractivity contribution is 7.47. The molecule has 0 aliphatic heterocycles. The van der Waals surface area contributed by atoms with E-state index in [0.717, 1.165) is 103 Å². The van der Waals surface area contributed by atoms with Gasteiger partial charge in [0.1, 0.15) is 19.3 Å². The normalized spacial score (nSPS) is 13.9. The lowest BCUT2D eigenvalue weighted by atomic mass is 10.0. The average molecular weight is 1490 g/mol. The zero-order valence-electron chi connectivity index (χ0n) is 66.1. The Morgan fingerprint density at radius 2 is 0.471 bits per heavy atom. The van der Waals surface area contributed by atoms with Crippen molar-refractivity contribution in [1.29, 1.82) is 0 Å². The van der Waals surface area contributed by atoms with Gasteiger partial charge in [-0.15, -0.1) is 0 Å². The largest absolute Gasteiger partial charge is 0.472 e. The smallest absolute Gasteiger partial charge is 0.462 e. The van der Waals surface area contributed by atoms with Gasteiger partial charge in [-0.2, -0.15) is 0 Å². The molecule has 3 N–H and O–H groups in total. The van der Waals surface area contributed by atoms with E-state index in [-0.39, 0.29) is 25.7 Å². The van der Waals surface area contributed by atoms with Crippen molar-refractivity contribution in [3.8, 4) is 0 Å². The summed E-state index contributed by atoms with van der Waals surface area (Å²) in [5.41, 5.74) is 0. The second kappa shape index (κ2) is 76.7. The monoisotopic (exact) mass is 1490 g/mol. The molecule has 0 rings (SSSR count). The molecule has 0 aromatic carbocycles. The number of esters is 4. The maximum atomic E-state index is 13.1. The Bertz CT molecular complexity index is 2020. The zero-order valence-corrected chi connectivity index (χ0v) is 67.9. The molecular weight excluding hydrogens is 1330 g/mol. The Balaban J connectivity index is 5.25. The van der Waals surface area contributed by atoms with E-state index in [4.69, 9.17) is 37.0 Å². The van der Waals surface area contributed by atoms with Crippen molar-refractivity contribution in [2.24, 2.45) is 0 Å². The molecule has 2 unspecified atom stereocenters. The van der Waals surface area contributed by atoms with Crippen molar-refractivity contribution >= 4 is 39.5 Å². The second-order valence-corrected chi connectivity index (χ2v) is 32.1. The minimum Gasteiger partial charge on any atom is -0.462 e. The molecule has 602 valence electrons. The summed E-state index contributed by atoms with van der Waals surface area (Å²) < 4.78 is 68.7. The Hall–Kier alpha value is -2.46. The number of hydrogen-bond donors (Lipinski definition) is 3. The van der Waals surface area contributed by atoms with Crippen LogP contribution in [0.1, 0.15) is 426 Å². The molecule has 0 aromatic heterocycles. The van der Waals surface area contributed by atoms with Gasteiger partial charge in [-0.05, 0) is 51.4 Å².